The molecule has 2 aliphatic heterocycles. The van der Waals surface area contributed by atoms with E-state index in [2.05, 4.69) is 4.98 Å². The van der Waals surface area contributed by atoms with Gasteiger partial charge >= 0.3 is 5.91 Å². The van der Waals surface area contributed by atoms with Gasteiger partial charge in [0.15, 0.2) is 28.1 Å². The van der Waals surface area contributed by atoms with Crippen LogP contribution in [-0.4, -0.2) is 55.3 Å². The number of benzene rings is 3. The van der Waals surface area contributed by atoms with Gasteiger partial charge in [-0.2, -0.15) is 0 Å². The molecule has 4 aromatic rings. The smallest absolute Gasteiger partial charge is 0.301 e. The summed E-state index contributed by atoms with van der Waals surface area (Å²) in [5.41, 5.74) is 1.41. The summed E-state index contributed by atoms with van der Waals surface area (Å²) in [6.07, 6.45) is 0. The molecule has 3 heterocycles. The van der Waals surface area contributed by atoms with Crippen LogP contribution in [0.5, 0.6) is 28.7 Å². The third-order valence-corrected chi connectivity index (χ3v) is 7.95. The van der Waals surface area contributed by atoms with E-state index in [0.29, 0.717) is 77.0 Å². The van der Waals surface area contributed by atoms with Crippen LogP contribution >= 0.6 is 11.3 Å². The number of amides is 1. The average molecular weight is 589 g/mol. The molecule has 0 saturated carbocycles. The summed E-state index contributed by atoms with van der Waals surface area (Å²) in [6, 6.07) is 14.5. The number of rotatable bonds is 8. The standard InChI is InChI=1S/C31H28N2O8S/c1-4-38-21-10-6-17(14-23(21)39-5-2)27-26(28(34)18-7-11-22-24(15-18)41-13-12-40-22)29(35)30(36)33(27)31-32-20-9-8-19(37-3)16-25(20)42-31/h6-11,14-16,27,34H,4-5,12-13H2,1-3H3/b28-26+/t27-/m1/s1. The molecule has 216 valence electrons. The zero-order valence-electron chi connectivity index (χ0n) is 23.2. The predicted molar refractivity (Wildman–Crippen MR) is 157 cm³/mol. The fraction of sp³-hybridized carbons (Fsp3) is 0.258. The molecule has 1 saturated heterocycles. The van der Waals surface area contributed by atoms with Crippen molar-refractivity contribution in [3.63, 3.8) is 0 Å². The molecular weight excluding hydrogens is 560 g/mol. The van der Waals surface area contributed by atoms with Gasteiger partial charge in [0.2, 0.25) is 0 Å². The van der Waals surface area contributed by atoms with E-state index in [1.807, 2.05) is 19.9 Å². The zero-order valence-corrected chi connectivity index (χ0v) is 24.0. The molecule has 1 amide bonds. The minimum atomic E-state index is -1.00. The second-order valence-corrected chi connectivity index (χ2v) is 10.4. The van der Waals surface area contributed by atoms with Crippen LogP contribution in [0.15, 0.2) is 60.2 Å². The molecule has 2 aliphatic rings. The van der Waals surface area contributed by atoms with Gasteiger partial charge in [-0.1, -0.05) is 17.4 Å². The van der Waals surface area contributed by atoms with Gasteiger partial charge in [0.05, 0.1) is 42.2 Å². The Labute approximate surface area is 245 Å². The van der Waals surface area contributed by atoms with Crippen molar-refractivity contribution in [3.8, 4) is 28.7 Å². The molecule has 0 spiro atoms. The number of ether oxygens (including phenoxy) is 5. The molecule has 1 fully saturated rings. The average Bonchev–Trinajstić information content (AvgIpc) is 3.54. The third kappa shape index (κ3) is 4.75. The number of Topliss-reactive ketones (excluding diaryl/α,β-unsaturated/α-hetero) is 1. The first-order valence-corrected chi connectivity index (χ1v) is 14.3. The molecule has 1 N–H and O–H groups in total. The number of methoxy groups -OCH3 is 1. The summed E-state index contributed by atoms with van der Waals surface area (Å²) < 4.78 is 29.0. The Morgan fingerprint density at radius 2 is 1.74 bits per heavy atom. The lowest BCUT2D eigenvalue weighted by Crippen LogP contribution is -2.29. The van der Waals surface area contributed by atoms with Crippen molar-refractivity contribution in [2.75, 3.05) is 38.4 Å². The van der Waals surface area contributed by atoms with Gasteiger partial charge in [0.25, 0.3) is 5.78 Å². The Bertz CT molecular complexity index is 1730. The summed E-state index contributed by atoms with van der Waals surface area (Å²) in [4.78, 5) is 33.4. The largest absolute Gasteiger partial charge is 0.507 e. The van der Waals surface area contributed by atoms with Crippen LogP contribution in [-0.2, 0) is 9.59 Å². The lowest BCUT2D eigenvalue weighted by atomic mass is 9.95. The SMILES string of the molecule is CCOc1ccc([C@@H]2/C(=C(\O)c3ccc4c(c3)OCCO4)C(=O)C(=O)N2c2nc3ccc(OC)cc3s2)cc1OCC. The van der Waals surface area contributed by atoms with Crippen LogP contribution in [0, 0.1) is 0 Å². The quantitative estimate of drug-likeness (QED) is 0.162. The van der Waals surface area contributed by atoms with Crippen molar-refractivity contribution < 1.29 is 38.4 Å². The van der Waals surface area contributed by atoms with E-state index in [1.54, 1.807) is 55.6 Å². The minimum absolute atomic E-state index is 0.0832. The molecule has 0 radical (unpaired) electrons. The second-order valence-electron chi connectivity index (χ2n) is 9.43. The minimum Gasteiger partial charge on any atom is -0.507 e. The molecule has 0 bridgehead atoms. The zero-order chi connectivity index (χ0) is 29.4. The second kappa shape index (κ2) is 11.2. The molecule has 6 rings (SSSR count). The van der Waals surface area contributed by atoms with Crippen molar-refractivity contribution in [2.24, 2.45) is 0 Å². The number of aliphatic hydroxyl groups excluding tert-OH is 1. The van der Waals surface area contributed by atoms with Crippen LogP contribution in [0.25, 0.3) is 16.0 Å². The first-order valence-electron chi connectivity index (χ1n) is 13.5. The van der Waals surface area contributed by atoms with E-state index in [-0.39, 0.29) is 11.3 Å². The molecule has 10 nitrogen and oxygen atoms in total. The van der Waals surface area contributed by atoms with Crippen LogP contribution in [0.4, 0.5) is 5.13 Å². The van der Waals surface area contributed by atoms with E-state index in [0.717, 1.165) is 4.70 Å². The van der Waals surface area contributed by atoms with Crippen LogP contribution in [0.1, 0.15) is 31.0 Å². The van der Waals surface area contributed by atoms with Gasteiger partial charge in [-0.25, -0.2) is 4.98 Å². The van der Waals surface area contributed by atoms with Gasteiger partial charge in [-0.05, 0) is 67.9 Å². The maximum absolute atomic E-state index is 13.7. The summed E-state index contributed by atoms with van der Waals surface area (Å²) in [7, 11) is 1.57. The summed E-state index contributed by atoms with van der Waals surface area (Å²) >= 11 is 1.25. The van der Waals surface area contributed by atoms with Crippen LogP contribution in [0.3, 0.4) is 0 Å². The first-order chi connectivity index (χ1) is 20.4. The fourth-order valence-corrected chi connectivity index (χ4v) is 6.07. The van der Waals surface area contributed by atoms with Crippen molar-refractivity contribution in [1.29, 1.82) is 0 Å². The molecule has 3 aromatic carbocycles. The third-order valence-electron chi connectivity index (χ3n) is 6.93. The monoisotopic (exact) mass is 588 g/mol. The number of thiazole rings is 1. The fourth-order valence-electron chi connectivity index (χ4n) is 5.05. The van der Waals surface area contributed by atoms with Gasteiger partial charge in [0.1, 0.15) is 24.7 Å². The van der Waals surface area contributed by atoms with E-state index in [1.165, 1.54) is 16.2 Å². The number of aromatic nitrogens is 1. The predicted octanol–water partition coefficient (Wildman–Crippen LogP) is 5.50. The summed E-state index contributed by atoms with van der Waals surface area (Å²) in [5, 5.41) is 11.9. The summed E-state index contributed by atoms with van der Waals surface area (Å²) in [5.74, 6) is 0.613. The Morgan fingerprint density at radius 1 is 0.976 bits per heavy atom. The van der Waals surface area contributed by atoms with Crippen molar-refractivity contribution >= 4 is 44.1 Å². The Balaban J connectivity index is 1.54. The molecule has 1 atom stereocenters. The number of carbonyl (C=O) groups is 2. The first kappa shape index (κ1) is 27.4. The number of hydrogen-bond donors (Lipinski definition) is 1. The number of nitrogens with zero attached hydrogens (tertiary/aromatic N) is 2. The highest BCUT2D eigenvalue weighted by atomic mass is 32.1. The van der Waals surface area contributed by atoms with Crippen LogP contribution in [0.2, 0.25) is 0 Å². The lowest BCUT2D eigenvalue weighted by Gasteiger charge is -2.24. The van der Waals surface area contributed by atoms with Gasteiger partial charge < -0.3 is 28.8 Å². The van der Waals surface area contributed by atoms with Gasteiger partial charge in [-0.3, -0.25) is 14.5 Å². The highest BCUT2D eigenvalue weighted by Gasteiger charge is 2.48. The number of carbonyl (C=O) groups excluding carboxylic acids is 2. The Hall–Kier alpha value is -4.77. The Morgan fingerprint density at radius 3 is 2.50 bits per heavy atom. The molecule has 1 aromatic heterocycles. The lowest BCUT2D eigenvalue weighted by molar-refractivity contribution is -0.132. The number of fused-ring (bicyclic) bond motifs is 2. The highest BCUT2D eigenvalue weighted by molar-refractivity contribution is 7.22. The number of aliphatic hydroxyl groups is 1. The number of hydrogen-bond acceptors (Lipinski definition) is 10. The van der Waals surface area contributed by atoms with E-state index in [9.17, 15) is 14.7 Å². The molecule has 11 heteroatoms. The van der Waals surface area contributed by atoms with E-state index in [4.69, 9.17) is 23.7 Å². The molecular formula is C31H28N2O8S. The highest BCUT2D eigenvalue weighted by Crippen LogP contribution is 2.46. The maximum Gasteiger partial charge on any atom is 0.301 e. The van der Waals surface area contributed by atoms with Gasteiger partial charge in [-0.15, -0.1) is 0 Å². The normalized spacial score (nSPS) is 17.5. The van der Waals surface area contributed by atoms with Crippen molar-refractivity contribution in [3.05, 3.63) is 71.3 Å². The summed E-state index contributed by atoms with van der Waals surface area (Å²) in [6.45, 7) is 5.30. The molecule has 42 heavy (non-hydrogen) atoms. The molecule has 0 unspecified atom stereocenters. The van der Waals surface area contributed by atoms with Gasteiger partial charge in [0, 0.05) is 5.56 Å². The maximum atomic E-state index is 13.7. The van der Waals surface area contributed by atoms with E-state index < -0.39 is 17.7 Å². The molecule has 0 aliphatic carbocycles. The number of anilines is 1. The van der Waals surface area contributed by atoms with Crippen molar-refractivity contribution in [2.45, 2.75) is 19.9 Å². The topological polar surface area (TPSA) is 117 Å². The van der Waals surface area contributed by atoms with E-state index >= 15 is 0 Å². The number of ketones is 1. The van der Waals surface area contributed by atoms with Crippen LogP contribution < -0.4 is 28.6 Å². The Kier molecular flexibility index (Phi) is 7.34. The van der Waals surface area contributed by atoms with Crippen molar-refractivity contribution in [1.82, 2.24) is 4.98 Å².